The highest BCUT2D eigenvalue weighted by molar-refractivity contribution is 9.10. The van der Waals surface area contributed by atoms with Crippen molar-refractivity contribution in [2.45, 2.75) is 21.0 Å². The Morgan fingerprint density at radius 3 is 1.26 bits per heavy atom. The van der Waals surface area contributed by atoms with Gasteiger partial charge in [-0.1, -0.05) is 112 Å². The highest BCUT2D eigenvalue weighted by atomic mass is 79.9. The van der Waals surface area contributed by atoms with Gasteiger partial charge in [-0.3, -0.25) is 0 Å². The van der Waals surface area contributed by atoms with Crippen molar-refractivity contribution in [3.63, 3.8) is 0 Å². The third-order valence-corrected chi connectivity index (χ3v) is 10.7. The standard InChI is InChI=1S/C24H15Br2N/c1-21-22(14-27)15-8-2-4-10-17(15)23(21,25)19-12-6-7-13-20(19)24(21,26)18-11-5-3-9-16(18)22/h2-13H,1H3/t21?,22?,23-,24+. The predicted octanol–water partition coefficient (Wildman–Crippen LogP) is 6.12. The molecule has 0 aliphatic heterocycles. The maximum Gasteiger partial charge on any atom is 0.117 e. The van der Waals surface area contributed by atoms with Crippen molar-refractivity contribution >= 4 is 31.9 Å². The zero-order valence-electron chi connectivity index (χ0n) is 14.6. The summed E-state index contributed by atoms with van der Waals surface area (Å²) in [7, 11) is 0. The van der Waals surface area contributed by atoms with Crippen LogP contribution in [-0.4, -0.2) is 0 Å². The lowest BCUT2D eigenvalue weighted by Crippen LogP contribution is -2.49. The summed E-state index contributed by atoms with van der Waals surface area (Å²) in [4.78, 5) is 0. The van der Waals surface area contributed by atoms with Gasteiger partial charge in [0, 0.05) is 5.41 Å². The molecule has 3 aliphatic carbocycles. The predicted molar refractivity (Wildman–Crippen MR) is 113 cm³/mol. The average Bonchev–Trinajstić information content (AvgIpc) is 3.10. The van der Waals surface area contributed by atoms with Gasteiger partial charge in [0.25, 0.3) is 0 Å². The minimum Gasteiger partial charge on any atom is -0.197 e. The lowest BCUT2D eigenvalue weighted by atomic mass is 9.61. The van der Waals surface area contributed by atoms with Gasteiger partial charge in [-0.2, -0.15) is 5.26 Å². The van der Waals surface area contributed by atoms with E-state index in [-0.39, 0.29) is 0 Å². The van der Waals surface area contributed by atoms with Gasteiger partial charge in [-0.25, -0.2) is 0 Å². The van der Waals surface area contributed by atoms with Crippen LogP contribution in [0.5, 0.6) is 0 Å². The smallest absolute Gasteiger partial charge is 0.117 e. The van der Waals surface area contributed by atoms with E-state index in [0.29, 0.717) is 0 Å². The second-order valence-corrected chi connectivity index (χ2v) is 10.3. The van der Waals surface area contributed by atoms with Crippen molar-refractivity contribution in [1.29, 1.82) is 5.26 Å². The molecular weight excluding hydrogens is 462 g/mol. The molecule has 3 aromatic carbocycles. The van der Waals surface area contributed by atoms with E-state index in [9.17, 15) is 5.26 Å². The zero-order valence-corrected chi connectivity index (χ0v) is 17.8. The Kier molecular flexibility index (Phi) is 2.72. The van der Waals surface area contributed by atoms with Crippen LogP contribution in [0.2, 0.25) is 0 Å². The maximum absolute atomic E-state index is 10.8. The van der Waals surface area contributed by atoms with Crippen LogP contribution in [0.15, 0.2) is 72.8 Å². The number of alkyl halides is 2. The summed E-state index contributed by atoms with van der Waals surface area (Å²) < 4.78 is -0.878. The molecule has 3 aromatic rings. The molecule has 6 rings (SSSR count). The lowest BCUT2D eigenvalue weighted by molar-refractivity contribution is 0.209. The quantitative estimate of drug-likeness (QED) is 0.358. The Labute approximate surface area is 175 Å². The minimum absolute atomic E-state index is 0.439. The summed E-state index contributed by atoms with van der Waals surface area (Å²) in [5, 5.41) is 10.8. The van der Waals surface area contributed by atoms with Crippen LogP contribution in [0.1, 0.15) is 40.3 Å². The Balaban J connectivity index is 1.96. The molecule has 0 radical (unpaired) electrons. The molecule has 1 nitrogen and oxygen atoms in total. The minimum atomic E-state index is -0.730. The number of fused-ring (bicyclic) bond motifs is 9. The molecular formula is C24H15Br2N. The van der Waals surface area contributed by atoms with Gasteiger partial charge in [0.15, 0.2) is 0 Å². The number of halogens is 2. The van der Waals surface area contributed by atoms with Gasteiger partial charge in [-0.15, -0.1) is 0 Å². The Hall–Kier alpha value is -1.89. The molecule has 0 saturated carbocycles. The van der Waals surface area contributed by atoms with Gasteiger partial charge in [0.2, 0.25) is 0 Å². The van der Waals surface area contributed by atoms with E-state index in [0.717, 1.165) is 11.1 Å². The van der Waals surface area contributed by atoms with Crippen molar-refractivity contribution < 1.29 is 0 Å². The number of nitriles is 1. The summed E-state index contributed by atoms with van der Waals surface area (Å²) in [5.41, 5.74) is 5.98. The number of rotatable bonds is 0. The molecule has 0 spiro atoms. The SMILES string of the molecule is CC12C3(C#N)c4ccccc4[C@@]1(Br)c1ccccc1[C@@]2(Br)c1ccccc13. The fraction of sp³-hybridized carbons (Fsp3) is 0.208. The highest BCUT2D eigenvalue weighted by Gasteiger charge is 2.83. The Bertz CT molecular complexity index is 1130. The van der Waals surface area contributed by atoms with E-state index in [1.165, 1.54) is 22.3 Å². The zero-order chi connectivity index (χ0) is 18.7. The summed E-state index contributed by atoms with van der Waals surface area (Å²) >= 11 is 8.47. The first-order chi connectivity index (χ1) is 13.0. The van der Waals surface area contributed by atoms with Crippen LogP contribution in [0.3, 0.4) is 0 Å². The third kappa shape index (κ3) is 1.25. The van der Waals surface area contributed by atoms with E-state index < -0.39 is 19.5 Å². The van der Waals surface area contributed by atoms with Crippen molar-refractivity contribution in [3.05, 3.63) is 106 Å². The average molecular weight is 477 g/mol. The molecule has 0 heterocycles. The summed E-state index contributed by atoms with van der Waals surface area (Å²) in [6.07, 6.45) is 0. The van der Waals surface area contributed by atoms with Gasteiger partial charge >= 0.3 is 0 Å². The van der Waals surface area contributed by atoms with E-state index in [1.54, 1.807) is 0 Å². The molecule has 4 atom stereocenters. The topological polar surface area (TPSA) is 23.8 Å². The second-order valence-electron chi connectivity index (χ2n) is 7.94. The first kappa shape index (κ1) is 16.1. The van der Waals surface area contributed by atoms with E-state index >= 15 is 0 Å². The molecule has 0 amide bonds. The monoisotopic (exact) mass is 475 g/mol. The second kappa shape index (κ2) is 4.57. The fourth-order valence-electron chi connectivity index (χ4n) is 6.34. The Morgan fingerprint density at radius 1 is 0.630 bits per heavy atom. The number of nitrogens with zero attached hydrogens (tertiary/aromatic N) is 1. The summed E-state index contributed by atoms with van der Waals surface area (Å²) in [6.45, 7) is 2.28. The molecule has 0 fully saturated rings. The van der Waals surface area contributed by atoms with Crippen LogP contribution in [0, 0.1) is 16.7 Å². The van der Waals surface area contributed by atoms with E-state index in [1.807, 2.05) is 0 Å². The van der Waals surface area contributed by atoms with Gasteiger partial charge in [0.05, 0.1) is 14.7 Å². The van der Waals surface area contributed by atoms with E-state index in [2.05, 4.69) is 118 Å². The van der Waals surface area contributed by atoms with Crippen molar-refractivity contribution in [3.8, 4) is 6.07 Å². The molecule has 2 unspecified atom stereocenters. The first-order valence-corrected chi connectivity index (χ1v) is 10.7. The number of hydrogen-bond donors (Lipinski definition) is 0. The molecule has 130 valence electrons. The van der Waals surface area contributed by atoms with Crippen molar-refractivity contribution in [2.75, 3.05) is 0 Å². The normalized spacial score (nSPS) is 36.5. The summed E-state index contributed by atoms with van der Waals surface area (Å²) in [5.74, 6) is 0. The largest absolute Gasteiger partial charge is 0.197 e. The van der Waals surface area contributed by atoms with Crippen LogP contribution < -0.4 is 0 Å². The van der Waals surface area contributed by atoms with Gasteiger partial charge in [0.1, 0.15) is 5.41 Å². The molecule has 0 aromatic heterocycles. The Morgan fingerprint density at radius 2 is 0.926 bits per heavy atom. The van der Waals surface area contributed by atoms with Crippen LogP contribution in [-0.2, 0) is 14.1 Å². The van der Waals surface area contributed by atoms with Gasteiger partial charge in [-0.05, 0) is 33.4 Å². The van der Waals surface area contributed by atoms with E-state index in [4.69, 9.17) is 0 Å². The molecule has 0 saturated heterocycles. The van der Waals surface area contributed by atoms with Gasteiger partial charge < -0.3 is 0 Å². The molecule has 0 bridgehead atoms. The van der Waals surface area contributed by atoms with Crippen LogP contribution in [0.25, 0.3) is 0 Å². The molecule has 3 aliphatic rings. The first-order valence-electron chi connectivity index (χ1n) is 9.08. The lowest BCUT2D eigenvalue weighted by Gasteiger charge is -2.45. The van der Waals surface area contributed by atoms with Crippen molar-refractivity contribution in [1.82, 2.24) is 0 Å². The summed E-state index contributed by atoms with van der Waals surface area (Å²) in [6, 6.07) is 28.4. The number of hydrogen-bond acceptors (Lipinski definition) is 1. The molecule has 0 N–H and O–H groups in total. The van der Waals surface area contributed by atoms with Crippen LogP contribution >= 0.6 is 31.9 Å². The maximum atomic E-state index is 10.8. The highest BCUT2D eigenvalue weighted by Crippen LogP contribution is 2.85. The third-order valence-electron chi connectivity index (χ3n) is 7.37. The molecule has 3 heteroatoms. The fourth-order valence-corrected chi connectivity index (χ4v) is 9.18. The van der Waals surface area contributed by atoms with Crippen molar-refractivity contribution in [2.24, 2.45) is 5.41 Å². The number of benzene rings is 3. The molecule has 27 heavy (non-hydrogen) atoms. The van der Waals surface area contributed by atoms with Crippen LogP contribution in [0.4, 0.5) is 0 Å².